The van der Waals surface area contributed by atoms with Crippen molar-refractivity contribution in [1.29, 1.82) is 0 Å². The molecule has 0 amide bonds. The van der Waals surface area contributed by atoms with Gasteiger partial charge in [0.1, 0.15) is 0 Å². The third-order valence-corrected chi connectivity index (χ3v) is 4.21. The third kappa shape index (κ3) is 3.72. The maximum atomic E-state index is 11.2. The van der Waals surface area contributed by atoms with Crippen molar-refractivity contribution in [2.24, 2.45) is 11.8 Å². The van der Waals surface area contributed by atoms with Crippen molar-refractivity contribution in [2.45, 2.75) is 58.8 Å². The Kier molecular flexibility index (Phi) is 6.17. The molecule has 2 atom stereocenters. The Morgan fingerprint density at radius 2 is 2.06 bits per heavy atom. The minimum Gasteiger partial charge on any atom is -0.478 e. The molecule has 0 heterocycles. The molecule has 0 saturated heterocycles. The van der Waals surface area contributed by atoms with Gasteiger partial charge in [0.25, 0.3) is 0 Å². The van der Waals surface area contributed by atoms with Crippen LogP contribution < -0.4 is 0 Å². The highest BCUT2D eigenvalue weighted by atomic mass is 16.4. The van der Waals surface area contributed by atoms with Crippen LogP contribution in [-0.4, -0.2) is 11.1 Å². The van der Waals surface area contributed by atoms with E-state index >= 15 is 0 Å². The van der Waals surface area contributed by atoms with Crippen LogP contribution in [0.2, 0.25) is 0 Å². The second-order valence-corrected chi connectivity index (χ2v) is 5.38. The number of aliphatic carboxylic acids is 1. The van der Waals surface area contributed by atoms with Crippen LogP contribution in [-0.2, 0) is 4.79 Å². The molecule has 18 heavy (non-hydrogen) atoms. The zero-order valence-electron chi connectivity index (χ0n) is 11.7. The maximum absolute atomic E-state index is 11.2. The van der Waals surface area contributed by atoms with E-state index in [1.807, 2.05) is 0 Å². The standard InChI is InChI=1S/C16H26O2/c1-4-6-9-13-10-7-8-11-15(13)14(5-2)12(3)16(17)18/h5,13,15H,2,4,6-11H2,1,3H3,(H,17,18). The predicted molar refractivity (Wildman–Crippen MR) is 75.5 cm³/mol. The number of hydrogen-bond donors (Lipinski definition) is 1. The lowest BCUT2D eigenvalue weighted by Crippen LogP contribution is -2.22. The van der Waals surface area contributed by atoms with Gasteiger partial charge in [-0.05, 0) is 43.6 Å². The summed E-state index contributed by atoms with van der Waals surface area (Å²) in [6.07, 6.45) is 10.4. The van der Waals surface area contributed by atoms with Crippen molar-refractivity contribution >= 4 is 5.97 Å². The Morgan fingerprint density at radius 1 is 1.39 bits per heavy atom. The van der Waals surface area contributed by atoms with Crippen LogP contribution in [0.15, 0.2) is 23.8 Å². The summed E-state index contributed by atoms with van der Waals surface area (Å²) in [5, 5.41) is 9.17. The number of rotatable bonds is 6. The normalized spacial score (nSPS) is 25.4. The van der Waals surface area contributed by atoms with E-state index in [1.54, 1.807) is 13.0 Å². The van der Waals surface area contributed by atoms with E-state index in [0.29, 0.717) is 17.4 Å². The summed E-state index contributed by atoms with van der Waals surface area (Å²) in [6.45, 7) is 7.76. The molecule has 1 aliphatic carbocycles. The van der Waals surface area contributed by atoms with Gasteiger partial charge in [-0.1, -0.05) is 45.3 Å². The molecule has 1 rings (SSSR count). The highest BCUT2D eigenvalue weighted by molar-refractivity contribution is 5.87. The number of carboxylic acid groups (broad SMARTS) is 1. The zero-order valence-corrected chi connectivity index (χ0v) is 11.7. The van der Waals surface area contributed by atoms with Crippen molar-refractivity contribution in [3.05, 3.63) is 23.8 Å². The molecule has 1 saturated carbocycles. The number of carbonyl (C=O) groups is 1. The number of allylic oxidation sites excluding steroid dienone is 2. The largest absolute Gasteiger partial charge is 0.478 e. The highest BCUT2D eigenvalue weighted by Crippen LogP contribution is 2.39. The van der Waals surface area contributed by atoms with E-state index in [0.717, 1.165) is 12.0 Å². The van der Waals surface area contributed by atoms with Crippen LogP contribution in [0, 0.1) is 11.8 Å². The van der Waals surface area contributed by atoms with Gasteiger partial charge in [-0.15, -0.1) is 0 Å². The first-order valence-corrected chi connectivity index (χ1v) is 7.18. The van der Waals surface area contributed by atoms with Crippen molar-refractivity contribution in [2.75, 3.05) is 0 Å². The molecule has 2 unspecified atom stereocenters. The molecule has 2 nitrogen and oxygen atoms in total. The van der Waals surface area contributed by atoms with Gasteiger partial charge in [0, 0.05) is 5.57 Å². The Labute approximate surface area is 111 Å². The number of hydrogen-bond acceptors (Lipinski definition) is 1. The molecule has 0 aromatic rings. The fraction of sp³-hybridized carbons (Fsp3) is 0.688. The van der Waals surface area contributed by atoms with Crippen LogP contribution in [0.5, 0.6) is 0 Å². The Morgan fingerprint density at radius 3 is 2.61 bits per heavy atom. The lowest BCUT2D eigenvalue weighted by molar-refractivity contribution is -0.132. The Balaban J connectivity index is 2.90. The van der Waals surface area contributed by atoms with Crippen LogP contribution in [0.4, 0.5) is 0 Å². The Bertz CT molecular complexity index is 328. The molecule has 1 N–H and O–H groups in total. The smallest absolute Gasteiger partial charge is 0.331 e. The SMILES string of the molecule is C=CC(=C(C)C(=O)O)C1CCCCC1CCCC. The highest BCUT2D eigenvalue weighted by Gasteiger charge is 2.28. The fourth-order valence-electron chi connectivity index (χ4n) is 3.13. The first kappa shape index (κ1) is 15.0. The molecule has 102 valence electrons. The van der Waals surface area contributed by atoms with Crippen molar-refractivity contribution < 1.29 is 9.90 Å². The zero-order chi connectivity index (χ0) is 13.5. The summed E-state index contributed by atoms with van der Waals surface area (Å²) < 4.78 is 0. The molecule has 1 aliphatic rings. The first-order valence-electron chi connectivity index (χ1n) is 7.18. The van der Waals surface area contributed by atoms with Crippen LogP contribution in [0.3, 0.4) is 0 Å². The molecule has 0 spiro atoms. The monoisotopic (exact) mass is 250 g/mol. The topological polar surface area (TPSA) is 37.3 Å². The van der Waals surface area contributed by atoms with Crippen molar-refractivity contribution in [3.63, 3.8) is 0 Å². The van der Waals surface area contributed by atoms with Gasteiger partial charge in [0.05, 0.1) is 0 Å². The van der Waals surface area contributed by atoms with Gasteiger partial charge in [0.15, 0.2) is 0 Å². The van der Waals surface area contributed by atoms with Gasteiger partial charge < -0.3 is 5.11 Å². The summed E-state index contributed by atoms with van der Waals surface area (Å²) in [4.78, 5) is 11.2. The van der Waals surface area contributed by atoms with Crippen LogP contribution >= 0.6 is 0 Å². The third-order valence-electron chi connectivity index (χ3n) is 4.21. The minimum absolute atomic E-state index is 0.416. The van der Waals surface area contributed by atoms with Gasteiger partial charge in [0.2, 0.25) is 0 Å². The van der Waals surface area contributed by atoms with Crippen LogP contribution in [0.25, 0.3) is 0 Å². The van der Waals surface area contributed by atoms with Gasteiger partial charge >= 0.3 is 5.97 Å². The van der Waals surface area contributed by atoms with Gasteiger partial charge in [-0.25, -0.2) is 4.79 Å². The molecule has 0 radical (unpaired) electrons. The average molecular weight is 250 g/mol. The number of carboxylic acids is 1. The van der Waals surface area contributed by atoms with Crippen molar-refractivity contribution in [3.8, 4) is 0 Å². The van der Waals surface area contributed by atoms with E-state index in [1.165, 1.54) is 38.5 Å². The molecule has 2 heteroatoms. The minimum atomic E-state index is -0.801. The molecule has 0 aliphatic heterocycles. The molecule has 1 fully saturated rings. The predicted octanol–water partition coefficient (Wildman–Crippen LogP) is 4.57. The van der Waals surface area contributed by atoms with Crippen molar-refractivity contribution in [1.82, 2.24) is 0 Å². The van der Waals surface area contributed by atoms with E-state index in [9.17, 15) is 9.90 Å². The van der Waals surface area contributed by atoms with Gasteiger partial charge in [-0.3, -0.25) is 0 Å². The van der Waals surface area contributed by atoms with E-state index in [2.05, 4.69) is 13.5 Å². The lowest BCUT2D eigenvalue weighted by Gasteiger charge is -2.33. The molecular weight excluding hydrogens is 224 g/mol. The van der Waals surface area contributed by atoms with Crippen LogP contribution in [0.1, 0.15) is 58.8 Å². The first-order chi connectivity index (χ1) is 8.61. The molecular formula is C16H26O2. The lowest BCUT2D eigenvalue weighted by atomic mass is 9.72. The van der Waals surface area contributed by atoms with E-state index in [-0.39, 0.29) is 0 Å². The molecule has 0 aromatic carbocycles. The summed E-state index contributed by atoms with van der Waals surface area (Å²) in [5.74, 6) is 0.268. The number of unbranched alkanes of at least 4 members (excludes halogenated alkanes) is 1. The quantitative estimate of drug-likeness (QED) is 0.554. The fourth-order valence-corrected chi connectivity index (χ4v) is 3.13. The molecule has 0 bridgehead atoms. The Hall–Kier alpha value is -1.05. The summed E-state index contributed by atoms with van der Waals surface area (Å²) in [5.41, 5.74) is 1.46. The summed E-state index contributed by atoms with van der Waals surface area (Å²) >= 11 is 0. The maximum Gasteiger partial charge on any atom is 0.331 e. The summed E-state index contributed by atoms with van der Waals surface area (Å²) in [7, 11) is 0. The second-order valence-electron chi connectivity index (χ2n) is 5.38. The average Bonchev–Trinajstić information content (AvgIpc) is 2.38. The molecule has 0 aromatic heterocycles. The second kappa shape index (κ2) is 7.40. The van der Waals surface area contributed by atoms with E-state index < -0.39 is 5.97 Å². The summed E-state index contributed by atoms with van der Waals surface area (Å²) in [6, 6.07) is 0. The van der Waals surface area contributed by atoms with Gasteiger partial charge in [-0.2, -0.15) is 0 Å². The van der Waals surface area contributed by atoms with E-state index in [4.69, 9.17) is 0 Å².